The van der Waals surface area contributed by atoms with E-state index in [1.807, 2.05) is 24.4 Å². The second kappa shape index (κ2) is 5.47. The van der Waals surface area contributed by atoms with E-state index in [4.69, 9.17) is 5.11 Å². The zero-order valence-electron chi connectivity index (χ0n) is 13.4. The highest BCUT2D eigenvalue weighted by Gasteiger charge is 2.22. The fraction of sp³-hybridized carbons (Fsp3) is 0.562. The Bertz CT molecular complexity index is 681. The van der Waals surface area contributed by atoms with Crippen molar-refractivity contribution < 1.29 is 9.90 Å². The first kappa shape index (κ1) is 15.5. The standard InChI is InChI=1S/C16H23N3O2/c1-6-11-10(8-15(20)21)12(7-2)19-14(17-11)9-13(18-19)16(3,4)5/h9H,6-8H2,1-5H3,(H,20,21). The smallest absolute Gasteiger partial charge is 0.307 e. The lowest BCUT2D eigenvalue weighted by atomic mass is 9.93. The summed E-state index contributed by atoms with van der Waals surface area (Å²) in [5, 5.41) is 13.8. The minimum Gasteiger partial charge on any atom is -0.481 e. The number of fused-ring (bicyclic) bond motifs is 1. The van der Waals surface area contributed by atoms with Gasteiger partial charge in [0.1, 0.15) is 0 Å². The van der Waals surface area contributed by atoms with Crippen molar-refractivity contribution in [1.82, 2.24) is 14.6 Å². The van der Waals surface area contributed by atoms with Gasteiger partial charge in [0, 0.05) is 28.4 Å². The van der Waals surface area contributed by atoms with Gasteiger partial charge in [-0.2, -0.15) is 5.10 Å². The fourth-order valence-electron chi connectivity index (χ4n) is 2.53. The van der Waals surface area contributed by atoms with Gasteiger partial charge in [-0.05, 0) is 12.8 Å². The Morgan fingerprint density at radius 3 is 2.43 bits per heavy atom. The molecule has 114 valence electrons. The van der Waals surface area contributed by atoms with E-state index in [0.717, 1.165) is 41.1 Å². The topological polar surface area (TPSA) is 67.5 Å². The van der Waals surface area contributed by atoms with Crippen LogP contribution in [-0.4, -0.2) is 25.7 Å². The summed E-state index contributed by atoms with van der Waals surface area (Å²) in [5.74, 6) is -0.830. The third-order valence-electron chi connectivity index (χ3n) is 3.66. The summed E-state index contributed by atoms with van der Waals surface area (Å²) in [5.41, 5.74) is 4.35. The third kappa shape index (κ3) is 2.91. The van der Waals surface area contributed by atoms with Crippen LogP contribution in [0.5, 0.6) is 0 Å². The molecular formula is C16H23N3O2. The van der Waals surface area contributed by atoms with E-state index in [-0.39, 0.29) is 11.8 Å². The zero-order valence-corrected chi connectivity index (χ0v) is 13.4. The van der Waals surface area contributed by atoms with Crippen LogP contribution in [0.1, 0.15) is 57.3 Å². The van der Waals surface area contributed by atoms with Crippen LogP contribution >= 0.6 is 0 Å². The Labute approximate surface area is 125 Å². The Balaban J connectivity index is 2.75. The summed E-state index contributed by atoms with van der Waals surface area (Å²) in [6.45, 7) is 10.4. The highest BCUT2D eigenvalue weighted by molar-refractivity contribution is 5.71. The monoisotopic (exact) mass is 289 g/mol. The number of carboxylic acid groups (broad SMARTS) is 1. The summed E-state index contributed by atoms with van der Waals surface area (Å²) in [7, 11) is 0. The number of rotatable bonds is 4. The molecule has 0 spiro atoms. The molecule has 0 amide bonds. The number of nitrogens with zero attached hydrogens (tertiary/aromatic N) is 3. The maximum Gasteiger partial charge on any atom is 0.307 e. The van der Waals surface area contributed by atoms with Gasteiger partial charge in [-0.15, -0.1) is 0 Å². The molecule has 0 aromatic carbocycles. The van der Waals surface area contributed by atoms with E-state index < -0.39 is 5.97 Å². The van der Waals surface area contributed by atoms with Crippen molar-refractivity contribution in [3.63, 3.8) is 0 Å². The van der Waals surface area contributed by atoms with Crippen LogP contribution in [0.4, 0.5) is 0 Å². The van der Waals surface area contributed by atoms with Crippen LogP contribution < -0.4 is 0 Å². The van der Waals surface area contributed by atoms with Crippen LogP contribution in [0.15, 0.2) is 6.07 Å². The molecule has 1 N–H and O–H groups in total. The molecule has 0 atom stereocenters. The van der Waals surface area contributed by atoms with Crippen molar-refractivity contribution >= 4 is 11.6 Å². The first-order valence-corrected chi connectivity index (χ1v) is 7.40. The van der Waals surface area contributed by atoms with Gasteiger partial charge in [0.15, 0.2) is 5.65 Å². The average Bonchev–Trinajstić information content (AvgIpc) is 2.80. The maximum atomic E-state index is 11.1. The second-order valence-corrected chi connectivity index (χ2v) is 6.31. The molecule has 0 saturated carbocycles. The van der Waals surface area contributed by atoms with E-state index in [9.17, 15) is 4.79 Å². The van der Waals surface area contributed by atoms with Crippen molar-refractivity contribution in [3.05, 3.63) is 28.7 Å². The molecule has 21 heavy (non-hydrogen) atoms. The first-order chi connectivity index (χ1) is 9.77. The fourth-order valence-corrected chi connectivity index (χ4v) is 2.53. The van der Waals surface area contributed by atoms with Crippen LogP contribution in [0.3, 0.4) is 0 Å². The number of aryl methyl sites for hydroxylation is 2. The molecule has 0 unspecified atom stereocenters. The summed E-state index contributed by atoms with van der Waals surface area (Å²) in [4.78, 5) is 15.8. The van der Waals surface area contributed by atoms with Crippen molar-refractivity contribution in [1.29, 1.82) is 0 Å². The summed E-state index contributed by atoms with van der Waals surface area (Å²) in [6.07, 6.45) is 1.46. The second-order valence-electron chi connectivity index (χ2n) is 6.31. The number of carboxylic acids is 1. The number of aliphatic carboxylic acids is 1. The van der Waals surface area contributed by atoms with Crippen LogP contribution in [-0.2, 0) is 29.5 Å². The highest BCUT2D eigenvalue weighted by Crippen LogP contribution is 2.24. The zero-order chi connectivity index (χ0) is 15.8. The molecule has 0 aliphatic rings. The molecule has 0 radical (unpaired) electrons. The quantitative estimate of drug-likeness (QED) is 0.939. The Kier molecular flexibility index (Phi) is 4.03. The lowest BCUT2D eigenvalue weighted by Crippen LogP contribution is -2.15. The predicted molar refractivity (Wildman–Crippen MR) is 81.8 cm³/mol. The molecule has 2 rings (SSSR count). The van der Waals surface area contributed by atoms with Gasteiger partial charge in [0.05, 0.1) is 12.1 Å². The van der Waals surface area contributed by atoms with E-state index in [2.05, 4.69) is 30.9 Å². The van der Waals surface area contributed by atoms with Gasteiger partial charge in [0.2, 0.25) is 0 Å². The summed E-state index contributed by atoms with van der Waals surface area (Å²) in [6, 6.07) is 2.00. The van der Waals surface area contributed by atoms with Gasteiger partial charge in [-0.3, -0.25) is 4.79 Å². The van der Waals surface area contributed by atoms with Crippen LogP contribution in [0.25, 0.3) is 5.65 Å². The molecule has 2 aromatic heterocycles. The van der Waals surface area contributed by atoms with E-state index in [0.29, 0.717) is 0 Å². The first-order valence-electron chi connectivity index (χ1n) is 7.40. The van der Waals surface area contributed by atoms with Gasteiger partial charge in [-0.1, -0.05) is 34.6 Å². The molecule has 0 saturated heterocycles. The molecule has 2 heterocycles. The highest BCUT2D eigenvalue weighted by atomic mass is 16.4. The Morgan fingerprint density at radius 2 is 1.95 bits per heavy atom. The maximum absolute atomic E-state index is 11.1. The van der Waals surface area contributed by atoms with Crippen molar-refractivity contribution in [2.24, 2.45) is 0 Å². The molecule has 5 nitrogen and oxygen atoms in total. The summed E-state index contributed by atoms with van der Waals surface area (Å²) < 4.78 is 1.82. The average molecular weight is 289 g/mol. The third-order valence-corrected chi connectivity index (χ3v) is 3.66. The molecule has 0 fully saturated rings. The minimum absolute atomic E-state index is 0.00000213. The molecular weight excluding hydrogens is 266 g/mol. The lowest BCUT2D eigenvalue weighted by molar-refractivity contribution is -0.136. The van der Waals surface area contributed by atoms with Crippen LogP contribution in [0, 0.1) is 0 Å². The summed E-state index contributed by atoms with van der Waals surface area (Å²) >= 11 is 0. The van der Waals surface area contributed by atoms with E-state index in [1.54, 1.807) is 0 Å². The minimum atomic E-state index is -0.830. The SMILES string of the molecule is CCc1nc2cc(C(C)(C)C)nn2c(CC)c1CC(=O)O. The predicted octanol–water partition coefficient (Wildman–Crippen LogP) is 2.78. The lowest BCUT2D eigenvalue weighted by Gasteiger charge is -2.14. The Morgan fingerprint density at radius 1 is 1.29 bits per heavy atom. The van der Waals surface area contributed by atoms with Crippen LogP contribution in [0.2, 0.25) is 0 Å². The van der Waals surface area contributed by atoms with Gasteiger partial charge in [-0.25, -0.2) is 9.50 Å². The van der Waals surface area contributed by atoms with Gasteiger partial charge >= 0.3 is 5.97 Å². The largest absolute Gasteiger partial charge is 0.481 e. The normalized spacial score (nSPS) is 12.0. The number of aromatic nitrogens is 3. The molecule has 0 aliphatic carbocycles. The molecule has 0 aliphatic heterocycles. The van der Waals surface area contributed by atoms with E-state index in [1.165, 1.54) is 0 Å². The number of hydrogen-bond donors (Lipinski definition) is 1. The number of hydrogen-bond acceptors (Lipinski definition) is 3. The van der Waals surface area contributed by atoms with Crippen molar-refractivity contribution in [3.8, 4) is 0 Å². The molecule has 5 heteroatoms. The Hall–Kier alpha value is -1.91. The molecule has 2 aromatic rings. The van der Waals surface area contributed by atoms with Gasteiger partial charge < -0.3 is 5.11 Å². The van der Waals surface area contributed by atoms with Crippen molar-refractivity contribution in [2.45, 2.75) is 59.3 Å². The van der Waals surface area contributed by atoms with Gasteiger partial charge in [0.25, 0.3) is 0 Å². The number of carbonyl (C=O) groups is 1. The van der Waals surface area contributed by atoms with E-state index >= 15 is 0 Å². The molecule has 0 bridgehead atoms. The van der Waals surface area contributed by atoms with Crippen molar-refractivity contribution in [2.75, 3.05) is 0 Å².